The normalized spacial score (nSPS) is 20.5. The molecule has 3 N–H and O–H groups in total. The van der Waals surface area contributed by atoms with Crippen LogP contribution in [0.2, 0.25) is 0 Å². The lowest BCUT2D eigenvalue weighted by Gasteiger charge is -2.16. The van der Waals surface area contributed by atoms with E-state index in [1.807, 2.05) is 60.7 Å². The summed E-state index contributed by atoms with van der Waals surface area (Å²) in [6, 6.07) is 15.7. The average molecular weight is 407 g/mol. The third-order valence-electron chi connectivity index (χ3n) is 6.65. The number of rotatable bonds is 1. The van der Waals surface area contributed by atoms with E-state index in [-0.39, 0.29) is 17.9 Å². The number of carbonyl (C=O) groups is 2. The van der Waals surface area contributed by atoms with E-state index in [1.54, 1.807) is 0 Å². The highest BCUT2D eigenvalue weighted by Gasteiger charge is 2.36. The Morgan fingerprint density at radius 2 is 1.58 bits per heavy atom. The van der Waals surface area contributed by atoms with E-state index in [0.29, 0.717) is 17.5 Å². The molecule has 3 aromatic carbocycles. The van der Waals surface area contributed by atoms with Crippen LogP contribution >= 0.6 is 0 Å². The number of aromatic amines is 1. The molecule has 150 valence electrons. The second-order valence-corrected chi connectivity index (χ2v) is 8.32. The number of benzene rings is 3. The summed E-state index contributed by atoms with van der Waals surface area (Å²) in [4.78, 5) is 29.5. The van der Waals surface area contributed by atoms with Gasteiger partial charge in [0.25, 0.3) is 11.8 Å². The van der Waals surface area contributed by atoms with Gasteiger partial charge in [-0.2, -0.15) is 0 Å². The summed E-state index contributed by atoms with van der Waals surface area (Å²) in [6.07, 6.45) is 3.90. The zero-order valence-electron chi connectivity index (χ0n) is 16.3. The first kappa shape index (κ1) is 16.8. The number of allylic oxidation sites excluding steroid dienone is 1. The Morgan fingerprint density at radius 1 is 0.871 bits per heavy atom. The number of H-pyrrole nitrogens is 1. The average Bonchev–Trinajstić information content (AvgIpc) is 3.50. The summed E-state index contributed by atoms with van der Waals surface area (Å²) < 4.78 is 2.20. The molecule has 2 atom stereocenters. The molecular weight excluding hydrogens is 390 g/mol. The summed E-state index contributed by atoms with van der Waals surface area (Å²) in [6.45, 7) is 0. The third-order valence-corrected chi connectivity index (χ3v) is 6.65. The highest BCUT2D eigenvalue weighted by Crippen LogP contribution is 2.45. The molecule has 0 saturated carbocycles. The maximum absolute atomic E-state index is 13.0. The second kappa shape index (κ2) is 5.62. The lowest BCUT2D eigenvalue weighted by atomic mass is 9.96. The number of imide groups is 1. The van der Waals surface area contributed by atoms with Crippen LogP contribution in [0.3, 0.4) is 0 Å². The molecule has 6 heteroatoms. The molecule has 2 amide bonds. The number of aliphatic hydroxyl groups excluding tert-OH is 1. The van der Waals surface area contributed by atoms with Crippen LogP contribution < -0.4 is 5.32 Å². The largest absolute Gasteiger partial charge is 0.389 e. The summed E-state index contributed by atoms with van der Waals surface area (Å²) >= 11 is 0. The summed E-state index contributed by atoms with van der Waals surface area (Å²) in [5.41, 5.74) is 4.50. The Kier molecular flexibility index (Phi) is 3.05. The van der Waals surface area contributed by atoms with E-state index >= 15 is 0 Å². The van der Waals surface area contributed by atoms with Crippen molar-refractivity contribution in [1.82, 2.24) is 14.9 Å². The standard InChI is InChI=1S/C25H17N3O3/c29-13-10-9-12(11-13)28-17-8-4-2-6-15(17)19-21-20(24(30)27-25(21)31)18-14-5-1-3-7-16(14)26-22(18)23(19)28/h1-10,12-13,26,29H,11H2,(H,27,30,31)/t12?,13-/m1/s1. The van der Waals surface area contributed by atoms with Gasteiger partial charge in [0.05, 0.1) is 34.3 Å². The maximum atomic E-state index is 13.0. The molecule has 0 spiro atoms. The number of hydrogen-bond acceptors (Lipinski definition) is 3. The lowest BCUT2D eigenvalue weighted by molar-refractivity contribution is 0.0880. The molecule has 0 saturated heterocycles. The molecule has 0 fully saturated rings. The molecule has 3 heterocycles. The maximum Gasteiger partial charge on any atom is 0.259 e. The molecule has 6 nitrogen and oxygen atoms in total. The number of fused-ring (bicyclic) bond motifs is 10. The molecule has 0 radical (unpaired) electrons. The second-order valence-electron chi connectivity index (χ2n) is 8.32. The number of amides is 2. The van der Waals surface area contributed by atoms with Crippen molar-refractivity contribution in [2.75, 3.05) is 0 Å². The van der Waals surface area contributed by atoms with Crippen molar-refractivity contribution in [2.45, 2.75) is 18.6 Å². The molecular formula is C25H17N3O3. The monoisotopic (exact) mass is 407 g/mol. The van der Waals surface area contributed by atoms with Gasteiger partial charge in [-0.1, -0.05) is 48.6 Å². The lowest BCUT2D eigenvalue weighted by Crippen LogP contribution is -2.20. The van der Waals surface area contributed by atoms with Crippen molar-refractivity contribution in [3.8, 4) is 0 Å². The molecule has 0 bridgehead atoms. The van der Waals surface area contributed by atoms with Crippen LogP contribution in [0.15, 0.2) is 60.7 Å². The summed E-state index contributed by atoms with van der Waals surface area (Å²) in [7, 11) is 0. The summed E-state index contributed by atoms with van der Waals surface area (Å²) in [5, 5.41) is 16.1. The molecule has 2 aromatic heterocycles. The zero-order valence-corrected chi connectivity index (χ0v) is 16.3. The molecule has 1 aliphatic heterocycles. The Morgan fingerprint density at radius 3 is 2.35 bits per heavy atom. The topological polar surface area (TPSA) is 87.1 Å². The minimum absolute atomic E-state index is 0.0507. The van der Waals surface area contributed by atoms with Gasteiger partial charge >= 0.3 is 0 Å². The number of aliphatic hydroxyl groups is 1. The number of hydrogen-bond donors (Lipinski definition) is 3. The van der Waals surface area contributed by atoms with Crippen molar-refractivity contribution in [2.24, 2.45) is 0 Å². The first-order valence-corrected chi connectivity index (χ1v) is 10.3. The predicted octanol–water partition coefficient (Wildman–Crippen LogP) is 4.17. The minimum atomic E-state index is -0.501. The van der Waals surface area contributed by atoms with Crippen LogP contribution in [-0.2, 0) is 0 Å². The van der Waals surface area contributed by atoms with Crippen molar-refractivity contribution in [3.63, 3.8) is 0 Å². The van der Waals surface area contributed by atoms with Crippen LogP contribution in [0.1, 0.15) is 33.2 Å². The van der Waals surface area contributed by atoms with E-state index in [2.05, 4.69) is 14.9 Å². The highest BCUT2D eigenvalue weighted by molar-refractivity contribution is 6.39. The van der Waals surface area contributed by atoms with Crippen LogP contribution in [0.5, 0.6) is 0 Å². The molecule has 2 aliphatic rings. The van der Waals surface area contributed by atoms with Gasteiger partial charge in [0.15, 0.2) is 0 Å². The van der Waals surface area contributed by atoms with E-state index in [1.165, 1.54) is 0 Å². The van der Waals surface area contributed by atoms with Crippen LogP contribution in [0, 0.1) is 0 Å². The zero-order chi connectivity index (χ0) is 20.9. The predicted molar refractivity (Wildman–Crippen MR) is 119 cm³/mol. The van der Waals surface area contributed by atoms with Crippen LogP contribution in [0.25, 0.3) is 43.6 Å². The third kappa shape index (κ3) is 2.00. The van der Waals surface area contributed by atoms with Crippen LogP contribution in [-0.4, -0.2) is 32.6 Å². The van der Waals surface area contributed by atoms with Crippen LogP contribution in [0.4, 0.5) is 0 Å². The van der Waals surface area contributed by atoms with Gasteiger partial charge in [0.2, 0.25) is 0 Å². The van der Waals surface area contributed by atoms with Gasteiger partial charge in [-0.3, -0.25) is 14.9 Å². The van der Waals surface area contributed by atoms with Gasteiger partial charge < -0.3 is 14.7 Å². The number of aromatic nitrogens is 2. The fraction of sp³-hybridized carbons (Fsp3) is 0.120. The van der Waals surface area contributed by atoms with E-state index < -0.39 is 6.10 Å². The fourth-order valence-corrected chi connectivity index (χ4v) is 5.47. The van der Waals surface area contributed by atoms with E-state index in [9.17, 15) is 14.7 Å². The number of nitrogens with zero attached hydrogens (tertiary/aromatic N) is 1. The first-order chi connectivity index (χ1) is 15.1. The van der Waals surface area contributed by atoms with Gasteiger partial charge in [0, 0.05) is 39.0 Å². The van der Waals surface area contributed by atoms with E-state index in [4.69, 9.17) is 0 Å². The van der Waals surface area contributed by atoms with Crippen molar-refractivity contribution in [1.29, 1.82) is 0 Å². The number of carbonyl (C=O) groups excluding carboxylic acids is 2. The smallest absolute Gasteiger partial charge is 0.259 e. The van der Waals surface area contributed by atoms with E-state index in [0.717, 1.165) is 43.6 Å². The minimum Gasteiger partial charge on any atom is -0.389 e. The van der Waals surface area contributed by atoms with Crippen molar-refractivity contribution >= 4 is 55.4 Å². The Hall–Kier alpha value is -3.90. The van der Waals surface area contributed by atoms with Gasteiger partial charge in [-0.05, 0) is 12.1 Å². The highest BCUT2D eigenvalue weighted by atomic mass is 16.3. The Labute approximate surface area is 175 Å². The Bertz CT molecular complexity index is 1650. The molecule has 1 unspecified atom stereocenters. The fourth-order valence-electron chi connectivity index (χ4n) is 5.47. The van der Waals surface area contributed by atoms with Crippen molar-refractivity contribution in [3.05, 3.63) is 71.8 Å². The van der Waals surface area contributed by atoms with Crippen molar-refractivity contribution < 1.29 is 14.7 Å². The summed E-state index contributed by atoms with van der Waals surface area (Å²) in [5.74, 6) is -0.716. The quantitative estimate of drug-likeness (QED) is 0.288. The first-order valence-electron chi connectivity index (χ1n) is 10.3. The molecule has 5 aromatic rings. The number of para-hydroxylation sites is 2. The molecule has 7 rings (SSSR count). The molecule has 1 aliphatic carbocycles. The van der Waals surface area contributed by atoms with Gasteiger partial charge in [0.1, 0.15) is 0 Å². The van der Waals surface area contributed by atoms with Gasteiger partial charge in [-0.15, -0.1) is 0 Å². The number of nitrogens with one attached hydrogen (secondary N) is 2. The van der Waals surface area contributed by atoms with Gasteiger partial charge in [-0.25, -0.2) is 0 Å². The SMILES string of the molecule is O=C1NC(=O)c2c1c1c3ccccc3[nH]c1c1c2c2ccccc2n1C1C=C[C@@H](O)C1. The Balaban J connectivity index is 1.81. The molecule has 31 heavy (non-hydrogen) atoms.